The fourth-order valence-electron chi connectivity index (χ4n) is 0.951. The molecule has 0 aliphatic heterocycles. The molecule has 78 valence electrons. The van der Waals surface area contributed by atoms with Gasteiger partial charge in [0.15, 0.2) is 0 Å². The van der Waals surface area contributed by atoms with E-state index >= 15 is 0 Å². The van der Waals surface area contributed by atoms with E-state index in [2.05, 4.69) is 15.3 Å². The van der Waals surface area contributed by atoms with E-state index in [1.807, 2.05) is 13.8 Å². The van der Waals surface area contributed by atoms with Crippen LogP contribution in [0.15, 0.2) is 12.4 Å². The fraction of sp³-hybridized carbons (Fsp3) is 0.556. The fourth-order valence-corrected chi connectivity index (χ4v) is 1.10. The number of hydrogen-bond donors (Lipinski definition) is 2. The van der Waals surface area contributed by atoms with Crippen molar-refractivity contribution in [1.82, 2.24) is 9.97 Å². The minimum absolute atomic E-state index is 0.0467. The summed E-state index contributed by atoms with van der Waals surface area (Å²) in [7, 11) is 0. The zero-order valence-electron chi connectivity index (χ0n) is 8.29. The first-order valence-electron chi connectivity index (χ1n) is 4.46. The van der Waals surface area contributed by atoms with Crippen LogP contribution in [0.2, 0.25) is 5.15 Å². The van der Waals surface area contributed by atoms with Crippen LogP contribution in [0.25, 0.3) is 0 Å². The lowest BCUT2D eigenvalue weighted by molar-refractivity contribution is 0.218. The standard InChI is InChI=1S/C9H14ClN3O/c1-3-9(2,5-14)13-8-4-7(10)11-6-12-8/h4,6,14H,3,5H2,1-2H3,(H,11,12,13). The van der Waals surface area contributed by atoms with Crippen molar-refractivity contribution in [1.29, 1.82) is 0 Å². The molecule has 0 spiro atoms. The second kappa shape index (κ2) is 4.57. The third kappa shape index (κ3) is 2.82. The average molecular weight is 216 g/mol. The Bertz CT molecular complexity index is 302. The Morgan fingerprint density at radius 3 is 2.79 bits per heavy atom. The third-order valence-electron chi connectivity index (χ3n) is 2.19. The molecule has 1 heterocycles. The number of nitrogens with one attached hydrogen (secondary N) is 1. The van der Waals surface area contributed by atoms with Crippen molar-refractivity contribution in [3.63, 3.8) is 0 Å². The first kappa shape index (κ1) is 11.2. The van der Waals surface area contributed by atoms with E-state index in [0.717, 1.165) is 6.42 Å². The van der Waals surface area contributed by atoms with Crippen LogP contribution < -0.4 is 5.32 Å². The van der Waals surface area contributed by atoms with E-state index in [1.165, 1.54) is 6.33 Å². The van der Waals surface area contributed by atoms with Crippen molar-refractivity contribution in [2.45, 2.75) is 25.8 Å². The molecule has 4 nitrogen and oxygen atoms in total. The van der Waals surface area contributed by atoms with Crippen LogP contribution in [0.4, 0.5) is 5.82 Å². The predicted octanol–water partition coefficient (Wildman–Crippen LogP) is 1.70. The van der Waals surface area contributed by atoms with Crippen LogP contribution in [0.1, 0.15) is 20.3 Å². The largest absolute Gasteiger partial charge is 0.394 e. The van der Waals surface area contributed by atoms with Crippen LogP contribution in [-0.4, -0.2) is 27.2 Å². The van der Waals surface area contributed by atoms with Crippen molar-refractivity contribution in [3.05, 3.63) is 17.5 Å². The molecule has 0 saturated carbocycles. The molecule has 0 amide bonds. The molecule has 0 aliphatic rings. The molecule has 0 radical (unpaired) electrons. The number of aliphatic hydroxyl groups excluding tert-OH is 1. The average Bonchev–Trinajstić information content (AvgIpc) is 2.18. The zero-order chi connectivity index (χ0) is 10.6. The summed E-state index contributed by atoms with van der Waals surface area (Å²) >= 11 is 5.71. The quantitative estimate of drug-likeness (QED) is 0.751. The summed E-state index contributed by atoms with van der Waals surface area (Å²) in [6.45, 7) is 3.96. The first-order valence-corrected chi connectivity index (χ1v) is 4.84. The highest BCUT2D eigenvalue weighted by Gasteiger charge is 2.20. The van der Waals surface area contributed by atoms with Crippen molar-refractivity contribution >= 4 is 17.4 Å². The minimum Gasteiger partial charge on any atom is -0.394 e. The summed E-state index contributed by atoms with van der Waals surface area (Å²) < 4.78 is 0. The first-order chi connectivity index (χ1) is 6.59. The summed E-state index contributed by atoms with van der Waals surface area (Å²) in [5.74, 6) is 0.628. The maximum absolute atomic E-state index is 9.18. The van der Waals surface area contributed by atoms with E-state index in [4.69, 9.17) is 11.6 Å². The number of aromatic nitrogens is 2. The summed E-state index contributed by atoms with van der Waals surface area (Å²) in [4.78, 5) is 7.78. The lowest BCUT2D eigenvalue weighted by Crippen LogP contribution is -2.38. The van der Waals surface area contributed by atoms with Crippen LogP contribution in [0.5, 0.6) is 0 Å². The van der Waals surface area contributed by atoms with Gasteiger partial charge in [0.1, 0.15) is 17.3 Å². The van der Waals surface area contributed by atoms with Gasteiger partial charge in [0.25, 0.3) is 0 Å². The van der Waals surface area contributed by atoms with Gasteiger partial charge in [-0.05, 0) is 13.3 Å². The summed E-state index contributed by atoms with van der Waals surface area (Å²) in [6, 6.07) is 1.63. The van der Waals surface area contributed by atoms with Crippen LogP contribution in [0.3, 0.4) is 0 Å². The van der Waals surface area contributed by atoms with E-state index in [9.17, 15) is 5.11 Å². The molecule has 14 heavy (non-hydrogen) atoms. The Labute approximate surface area is 88.3 Å². The van der Waals surface area contributed by atoms with E-state index in [-0.39, 0.29) is 12.1 Å². The Balaban J connectivity index is 2.77. The van der Waals surface area contributed by atoms with Gasteiger partial charge in [-0.1, -0.05) is 18.5 Å². The number of halogens is 1. The van der Waals surface area contributed by atoms with Crippen LogP contribution >= 0.6 is 11.6 Å². The molecule has 2 N–H and O–H groups in total. The summed E-state index contributed by atoms with van der Waals surface area (Å²) in [5.41, 5.74) is -0.363. The van der Waals surface area contributed by atoms with Crippen LogP contribution in [0, 0.1) is 0 Å². The Kier molecular flexibility index (Phi) is 3.66. The van der Waals surface area contributed by atoms with Crippen molar-refractivity contribution in [2.75, 3.05) is 11.9 Å². The van der Waals surface area contributed by atoms with Crippen molar-refractivity contribution < 1.29 is 5.11 Å². The van der Waals surface area contributed by atoms with Gasteiger partial charge in [-0.3, -0.25) is 0 Å². The molecule has 0 saturated heterocycles. The molecule has 0 bridgehead atoms. The molecular formula is C9H14ClN3O. The van der Waals surface area contributed by atoms with Gasteiger partial charge in [0.2, 0.25) is 0 Å². The summed E-state index contributed by atoms with van der Waals surface area (Å²) in [5, 5.41) is 12.7. The molecule has 1 aromatic heterocycles. The Hall–Kier alpha value is -0.870. The number of anilines is 1. The molecule has 0 aliphatic carbocycles. The molecule has 0 fully saturated rings. The number of rotatable bonds is 4. The maximum atomic E-state index is 9.18. The van der Waals surface area contributed by atoms with Gasteiger partial charge >= 0.3 is 0 Å². The molecule has 0 aromatic carbocycles. The zero-order valence-corrected chi connectivity index (χ0v) is 9.04. The number of nitrogens with zero attached hydrogens (tertiary/aromatic N) is 2. The second-order valence-corrected chi connectivity index (χ2v) is 3.81. The van der Waals surface area contributed by atoms with Gasteiger partial charge in [0, 0.05) is 6.07 Å². The molecular weight excluding hydrogens is 202 g/mol. The molecule has 1 unspecified atom stereocenters. The SMILES string of the molecule is CCC(C)(CO)Nc1cc(Cl)ncn1. The molecule has 1 rings (SSSR count). The normalized spacial score (nSPS) is 14.9. The summed E-state index contributed by atoms with van der Waals surface area (Å²) in [6.07, 6.45) is 2.18. The van der Waals surface area contributed by atoms with Gasteiger partial charge in [-0.15, -0.1) is 0 Å². The maximum Gasteiger partial charge on any atom is 0.134 e. The lowest BCUT2D eigenvalue weighted by atomic mass is 10.0. The highest BCUT2D eigenvalue weighted by molar-refractivity contribution is 6.29. The van der Waals surface area contributed by atoms with E-state index < -0.39 is 0 Å². The van der Waals surface area contributed by atoms with Gasteiger partial charge in [-0.2, -0.15) is 0 Å². The lowest BCUT2D eigenvalue weighted by Gasteiger charge is -2.27. The van der Waals surface area contributed by atoms with E-state index in [1.54, 1.807) is 6.07 Å². The minimum atomic E-state index is -0.363. The molecule has 5 heteroatoms. The highest BCUT2D eigenvalue weighted by atomic mass is 35.5. The number of hydrogen-bond acceptors (Lipinski definition) is 4. The van der Waals surface area contributed by atoms with Crippen molar-refractivity contribution in [3.8, 4) is 0 Å². The molecule has 1 atom stereocenters. The molecule has 1 aromatic rings. The second-order valence-electron chi connectivity index (χ2n) is 3.42. The van der Waals surface area contributed by atoms with Gasteiger partial charge in [0.05, 0.1) is 12.1 Å². The smallest absolute Gasteiger partial charge is 0.134 e. The highest BCUT2D eigenvalue weighted by Crippen LogP contribution is 2.17. The van der Waals surface area contributed by atoms with Crippen LogP contribution in [-0.2, 0) is 0 Å². The number of aliphatic hydroxyl groups is 1. The Morgan fingerprint density at radius 2 is 2.29 bits per heavy atom. The van der Waals surface area contributed by atoms with E-state index in [0.29, 0.717) is 11.0 Å². The third-order valence-corrected chi connectivity index (χ3v) is 2.40. The predicted molar refractivity (Wildman–Crippen MR) is 56.4 cm³/mol. The monoisotopic (exact) mass is 215 g/mol. The van der Waals surface area contributed by atoms with Gasteiger partial charge in [-0.25, -0.2) is 9.97 Å². The van der Waals surface area contributed by atoms with Crippen molar-refractivity contribution in [2.24, 2.45) is 0 Å². The Morgan fingerprint density at radius 1 is 1.57 bits per heavy atom. The van der Waals surface area contributed by atoms with Gasteiger partial charge < -0.3 is 10.4 Å². The topological polar surface area (TPSA) is 58.0 Å².